The average Bonchev–Trinajstić information content (AvgIpc) is 3.59. The molecular formula is C29H25F3N6O3S. The Morgan fingerprint density at radius 3 is 2.50 bits per heavy atom. The number of benzene rings is 3. The molecule has 0 radical (unpaired) electrons. The molecule has 3 aromatic carbocycles. The van der Waals surface area contributed by atoms with E-state index in [0.717, 1.165) is 17.7 Å². The van der Waals surface area contributed by atoms with Crippen LogP contribution in [-0.2, 0) is 4.79 Å². The molecule has 1 aromatic heterocycles. The predicted octanol–water partition coefficient (Wildman–Crippen LogP) is 7.01. The second kappa shape index (κ2) is 12.1. The smallest absolute Gasteiger partial charge is 0.406 e. The normalized spacial score (nSPS) is 15.2. The lowest BCUT2D eigenvalue weighted by atomic mass is 9.96. The molecule has 4 aromatic rings. The van der Waals surface area contributed by atoms with Crippen molar-refractivity contribution in [3.63, 3.8) is 0 Å². The number of thioether (sulfide) groups is 1. The standard InChI is InChI=1S/C29H25F3N6O3S/c1-3-18(2)23-6-4-5-7-24(23)38-25(39)16-42-28(38)35-27(40)34-20-10-8-19(9-11-20)26-33-17-37(36-26)21-12-14-22(15-13-21)41-29(30,31)32/h4-15,17-18H,3,16H2,1-2H3,(H,34,40)/b35-28+. The second-order valence-electron chi connectivity index (χ2n) is 9.34. The van der Waals surface area contributed by atoms with Gasteiger partial charge in [-0.3, -0.25) is 9.69 Å². The van der Waals surface area contributed by atoms with Crippen LogP contribution in [0.4, 0.5) is 29.3 Å². The highest BCUT2D eigenvalue weighted by molar-refractivity contribution is 8.15. The van der Waals surface area contributed by atoms with E-state index >= 15 is 0 Å². The number of carbonyl (C=O) groups excluding carboxylic acids is 2. The summed E-state index contributed by atoms with van der Waals surface area (Å²) in [7, 11) is 0. The molecule has 1 N–H and O–H groups in total. The summed E-state index contributed by atoms with van der Waals surface area (Å²) >= 11 is 1.21. The molecule has 1 aliphatic heterocycles. The quantitative estimate of drug-likeness (QED) is 0.247. The van der Waals surface area contributed by atoms with Crippen LogP contribution in [0, 0.1) is 0 Å². The molecule has 3 amide bonds. The van der Waals surface area contributed by atoms with E-state index in [1.54, 1.807) is 24.3 Å². The maximum atomic E-state index is 12.8. The number of rotatable bonds is 7. The molecule has 1 fully saturated rings. The Labute approximate surface area is 243 Å². The van der Waals surface area contributed by atoms with Crippen molar-refractivity contribution < 1.29 is 27.5 Å². The zero-order chi connectivity index (χ0) is 29.9. The van der Waals surface area contributed by atoms with Crippen molar-refractivity contribution in [1.82, 2.24) is 14.8 Å². The van der Waals surface area contributed by atoms with Crippen LogP contribution < -0.4 is 15.0 Å². The van der Waals surface area contributed by atoms with Gasteiger partial charge in [0.15, 0.2) is 11.0 Å². The lowest BCUT2D eigenvalue weighted by Gasteiger charge is -2.22. The van der Waals surface area contributed by atoms with Crippen LogP contribution in [0.15, 0.2) is 84.1 Å². The molecule has 0 spiro atoms. The number of ether oxygens (including phenoxy) is 1. The van der Waals surface area contributed by atoms with Crippen LogP contribution in [0.2, 0.25) is 0 Å². The third-order valence-corrected chi connectivity index (χ3v) is 7.43. The molecule has 1 atom stereocenters. The second-order valence-corrected chi connectivity index (χ2v) is 10.3. The minimum absolute atomic E-state index is 0.135. The van der Waals surface area contributed by atoms with E-state index in [1.807, 2.05) is 24.3 Å². The predicted molar refractivity (Wildman–Crippen MR) is 155 cm³/mol. The first-order valence-electron chi connectivity index (χ1n) is 12.9. The van der Waals surface area contributed by atoms with E-state index in [-0.39, 0.29) is 23.3 Å². The van der Waals surface area contributed by atoms with Crippen molar-refractivity contribution in [2.24, 2.45) is 4.99 Å². The first kappa shape index (κ1) is 28.9. The van der Waals surface area contributed by atoms with Gasteiger partial charge in [-0.2, -0.15) is 4.99 Å². The fraction of sp³-hybridized carbons (Fsp3) is 0.207. The highest BCUT2D eigenvalue weighted by Crippen LogP contribution is 2.34. The number of amidine groups is 1. The zero-order valence-corrected chi connectivity index (χ0v) is 23.3. The van der Waals surface area contributed by atoms with Crippen molar-refractivity contribution in [3.05, 3.63) is 84.7 Å². The van der Waals surface area contributed by atoms with Crippen LogP contribution in [0.3, 0.4) is 0 Å². The summed E-state index contributed by atoms with van der Waals surface area (Å²) in [5.74, 6) is 0.328. The van der Waals surface area contributed by atoms with Gasteiger partial charge in [0, 0.05) is 11.3 Å². The number of hydrogen-bond acceptors (Lipinski definition) is 6. The summed E-state index contributed by atoms with van der Waals surface area (Å²) < 4.78 is 42.5. The Kier molecular flexibility index (Phi) is 8.29. The molecule has 0 saturated carbocycles. The van der Waals surface area contributed by atoms with Crippen molar-refractivity contribution in [3.8, 4) is 22.8 Å². The fourth-order valence-electron chi connectivity index (χ4n) is 4.27. The van der Waals surface area contributed by atoms with Crippen molar-refractivity contribution >= 4 is 40.2 Å². The summed E-state index contributed by atoms with van der Waals surface area (Å²) in [4.78, 5) is 35.5. The highest BCUT2D eigenvalue weighted by atomic mass is 32.2. The van der Waals surface area contributed by atoms with Gasteiger partial charge in [0.25, 0.3) is 0 Å². The molecule has 9 nitrogen and oxygen atoms in total. The zero-order valence-electron chi connectivity index (χ0n) is 22.5. The van der Waals surface area contributed by atoms with Gasteiger partial charge >= 0.3 is 12.4 Å². The average molecular weight is 595 g/mol. The van der Waals surface area contributed by atoms with Crippen molar-refractivity contribution in [1.29, 1.82) is 0 Å². The molecule has 42 heavy (non-hydrogen) atoms. The third kappa shape index (κ3) is 6.62. The van der Waals surface area contributed by atoms with Crippen molar-refractivity contribution in [2.75, 3.05) is 16.0 Å². The van der Waals surface area contributed by atoms with Gasteiger partial charge in [0.1, 0.15) is 12.1 Å². The number of aliphatic imine (C=N–C) groups is 1. The van der Waals surface area contributed by atoms with Crippen LogP contribution in [0.25, 0.3) is 17.1 Å². The van der Waals surface area contributed by atoms with Gasteiger partial charge in [-0.25, -0.2) is 14.5 Å². The summed E-state index contributed by atoms with van der Waals surface area (Å²) in [5, 5.41) is 7.41. The van der Waals surface area contributed by atoms with E-state index in [0.29, 0.717) is 27.9 Å². The maximum absolute atomic E-state index is 12.8. The summed E-state index contributed by atoms with van der Waals surface area (Å²) in [6.07, 6.45) is -2.43. The molecule has 0 aliphatic carbocycles. The first-order chi connectivity index (χ1) is 20.1. The Hall–Kier alpha value is -4.65. The summed E-state index contributed by atoms with van der Waals surface area (Å²) in [5.41, 5.74) is 3.38. The molecule has 0 bridgehead atoms. The van der Waals surface area contributed by atoms with Gasteiger partial charge < -0.3 is 10.1 Å². The molecule has 1 aliphatic rings. The molecule has 5 rings (SSSR count). The minimum Gasteiger partial charge on any atom is -0.406 e. The van der Waals surface area contributed by atoms with Gasteiger partial charge in [0.2, 0.25) is 5.91 Å². The Morgan fingerprint density at radius 1 is 1.10 bits per heavy atom. The van der Waals surface area contributed by atoms with E-state index in [2.05, 4.69) is 39.0 Å². The largest absolute Gasteiger partial charge is 0.573 e. The summed E-state index contributed by atoms with van der Waals surface area (Å²) in [6, 6.07) is 19.0. The van der Waals surface area contributed by atoms with Crippen LogP contribution in [0.5, 0.6) is 5.75 Å². The number of hydrogen-bond donors (Lipinski definition) is 1. The molecule has 1 unspecified atom stereocenters. The topological polar surface area (TPSA) is 102 Å². The lowest BCUT2D eigenvalue weighted by molar-refractivity contribution is -0.274. The minimum atomic E-state index is -4.77. The number of carbonyl (C=O) groups is 2. The molecular weight excluding hydrogens is 569 g/mol. The van der Waals surface area contributed by atoms with Gasteiger partial charge in [-0.1, -0.05) is 43.8 Å². The molecule has 1 saturated heterocycles. The first-order valence-corrected chi connectivity index (χ1v) is 13.9. The number of halogens is 3. The fourth-order valence-corrected chi connectivity index (χ4v) is 5.13. The number of para-hydroxylation sites is 1. The SMILES string of the molecule is CCC(C)c1ccccc1N1C(=O)CS/C1=N/C(=O)Nc1ccc(-c2ncn(-c3ccc(OC(F)(F)F)cc3)n2)cc1. The third-order valence-electron chi connectivity index (χ3n) is 6.50. The number of nitrogens with zero attached hydrogens (tertiary/aromatic N) is 5. The van der Waals surface area contributed by atoms with Crippen LogP contribution in [0.1, 0.15) is 31.7 Å². The van der Waals surface area contributed by atoms with E-state index in [9.17, 15) is 22.8 Å². The number of alkyl halides is 3. The number of nitrogens with one attached hydrogen (secondary N) is 1. The maximum Gasteiger partial charge on any atom is 0.573 e. The number of urea groups is 1. The van der Waals surface area contributed by atoms with Crippen LogP contribution >= 0.6 is 11.8 Å². The number of amides is 3. The van der Waals surface area contributed by atoms with Crippen LogP contribution in [-0.4, -0.2) is 44.0 Å². The molecule has 2 heterocycles. The number of anilines is 2. The Morgan fingerprint density at radius 2 is 1.81 bits per heavy atom. The lowest BCUT2D eigenvalue weighted by Crippen LogP contribution is -2.31. The highest BCUT2D eigenvalue weighted by Gasteiger charge is 2.33. The summed E-state index contributed by atoms with van der Waals surface area (Å²) in [6.45, 7) is 4.17. The molecule has 13 heteroatoms. The molecule has 216 valence electrons. The van der Waals surface area contributed by atoms with E-state index in [1.165, 1.54) is 51.9 Å². The Balaban J connectivity index is 1.26. The van der Waals surface area contributed by atoms with E-state index in [4.69, 9.17) is 0 Å². The van der Waals surface area contributed by atoms with Gasteiger partial charge in [-0.05, 0) is 72.5 Å². The van der Waals surface area contributed by atoms with Gasteiger partial charge in [0.05, 0.1) is 17.1 Å². The van der Waals surface area contributed by atoms with E-state index < -0.39 is 12.4 Å². The Bertz CT molecular complexity index is 1620. The monoisotopic (exact) mass is 594 g/mol. The van der Waals surface area contributed by atoms with Gasteiger partial charge in [-0.15, -0.1) is 18.3 Å². The van der Waals surface area contributed by atoms with Crippen molar-refractivity contribution in [2.45, 2.75) is 32.5 Å². The number of aromatic nitrogens is 3.